The summed E-state index contributed by atoms with van der Waals surface area (Å²) < 4.78 is 1.68. The van der Waals surface area contributed by atoms with Gasteiger partial charge < -0.3 is 10.0 Å². The Bertz CT molecular complexity index is 414. The molecule has 0 bridgehead atoms. The first-order chi connectivity index (χ1) is 8.51. The molecule has 0 saturated heterocycles. The van der Waals surface area contributed by atoms with Crippen molar-refractivity contribution in [2.45, 2.75) is 39.3 Å². The molecule has 1 aromatic rings. The topological polar surface area (TPSA) is 75.4 Å². The number of hydrogen-bond donors (Lipinski definition) is 1. The van der Waals surface area contributed by atoms with Crippen molar-refractivity contribution in [1.29, 1.82) is 0 Å². The van der Waals surface area contributed by atoms with E-state index in [4.69, 9.17) is 0 Å². The summed E-state index contributed by atoms with van der Waals surface area (Å²) in [4.78, 5) is 23.6. The lowest BCUT2D eigenvalue weighted by Gasteiger charge is -2.23. The molecule has 1 heterocycles. The third-order valence-electron chi connectivity index (χ3n) is 2.65. The van der Waals surface area contributed by atoms with E-state index in [2.05, 4.69) is 5.10 Å². The van der Waals surface area contributed by atoms with Gasteiger partial charge in [-0.3, -0.25) is 9.48 Å². The molecule has 0 aromatic carbocycles. The van der Waals surface area contributed by atoms with Crippen LogP contribution in [0, 0.1) is 0 Å². The molecule has 1 N–H and O–H groups in total. The van der Waals surface area contributed by atoms with Crippen LogP contribution in [0.2, 0.25) is 0 Å². The van der Waals surface area contributed by atoms with Crippen LogP contribution in [-0.2, 0) is 9.59 Å². The molecule has 1 rings (SSSR count). The zero-order valence-electron chi connectivity index (χ0n) is 10.9. The Morgan fingerprint density at radius 3 is 2.67 bits per heavy atom. The fraction of sp³-hybridized carbons (Fsp3) is 0.583. The van der Waals surface area contributed by atoms with Crippen molar-refractivity contribution in [3.63, 3.8) is 0 Å². The Hall–Kier alpha value is -1.85. The second-order valence-corrected chi connectivity index (χ2v) is 4.43. The normalized spacial score (nSPS) is 12.4. The van der Waals surface area contributed by atoms with Gasteiger partial charge in [0.15, 0.2) is 6.04 Å². The van der Waals surface area contributed by atoms with Crippen molar-refractivity contribution in [1.82, 2.24) is 14.7 Å². The van der Waals surface area contributed by atoms with Crippen LogP contribution in [0.25, 0.3) is 0 Å². The summed E-state index contributed by atoms with van der Waals surface area (Å²) in [6, 6.07) is -0.806. The molecule has 0 aliphatic rings. The molecule has 0 radical (unpaired) electrons. The first-order valence-corrected chi connectivity index (χ1v) is 5.99. The van der Waals surface area contributed by atoms with Crippen LogP contribution in [0.3, 0.4) is 0 Å². The number of carboxylic acid groups (broad SMARTS) is 1. The zero-order chi connectivity index (χ0) is 13.7. The molecule has 18 heavy (non-hydrogen) atoms. The highest BCUT2D eigenvalue weighted by molar-refractivity contribution is 5.78. The summed E-state index contributed by atoms with van der Waals surface area (Å²) in [5, 5.41) is 13.4. The second-order valence-electron chi connectivity index (χ2n) is 4.43. The number of rotatable bonds is 7. The minimum atomic E-state index is -1.04. The van der Waals surface area contributed by atoms with Crippen LogP contribution in [0.5, 0.6) is 0 Å². The van der Waals surface area contributed by atoms with Crippen LogP contribution in [0.15, 0.2) is 12.4 Å². The number of carboxylic acids is 1. The summed E-state index contributed by atoms with van der Waals surface area (Å²) in [6.07, 6.45) is 4.47. The Balaban J connectivity index is 3.02. The molecule has 0 spiro atoms. The van der Waals surface area contributed by atoms with E-state index in [1.807, 2.05) is 20.8 Å². The van der Waals surface area contributed by atoms with E-state index in [0.29, 0.717) is 24.9 Å². The van der Waals surface area contributed by atoms with Crippen molar-refractivity contribution >= 4 is 12.4 Å². The van der Waals surface area contributed by atoms with Gasteiger partial charge in [-0.2, -0.15) is 5.10 Å². The SMILES string of the molecule is CCCN(C=O)C(C(=O)O)c1cnn(C(C)C)c1. The lowest BCUT2D eigenvalue weighted by atomic mass is 10.1. The van der Waals surface area contributed by atoms with Crippen LogP contribution in [0.4, 0.5) is 0 Å². The highest BCUT2D eigenvalue weighted by Crippen LogP contribution is 2.20. The number of aliphatic carboxylic acids is 1. The molecule has 1 unspecified atom stereocenters. The molecule has 6 nitrogen and oxygen atoms in total. The summed E-state index contributed by atoms with van der Waals surface area (Å²) in [5.41, 5.74) is 0.525. The van der Waals surface area contributed by atoms with Gasteiger partial charge >= 0.3 is 5.97 Å². The molecule has 6 heteroatoms. The third-order valence-corrected chi connectivity index (χ3v) is 2.65. The number of carbonyl (C=O) groups is 2. The zero-order valence-corrected chi connectivity index (χ0v) is 10.9. The number of nitrogens with zero attached hydrogens (tertiary/aromatic N) is 3. The van der Waals surface area contributed by atoms with Gasteiger partial charge in [0.2, 0.25) is 6.41 Å². The van der Waals surface area contributed by atoms with Crippen LogP contribution in [0.1, 0.15) is 44.8 Å². The molecular weight excluding hydrogens is 234 g/mol. The predicted molar refractivity (Wildman–Crippen MR) is 66.0 cm³/mol. The van der Waals surface area contributed by atoms with E-state index in [0.717, 1.165) is 0 Å². The van der Waals surface area contributed by atoms with Crippen LogP contribution >= 0.6 is 0 Å². The maximum atomic E-state index is 11.3. The lowest BCUT2D eigenvalue weighted by molar-refractivity contribution is -0.146. The average molecular weight is 253 g/mol. The monoisotopic (exact) mass is 253 g/mol. The number of aromatic nitrogens is 2. The standard InChI is InChI=1S/C12H19N3O3/c1-4-5-14(8-16)11(12(17)18)10-6-13-15(7-10)9(2)3/h6-9,11H,4-5H2,1-3H3,(H,17,18). The van der Waals surface area contributed by atoms with Gasteiger partial charge in [0.25, 0.3) is 0 Å². The van der Waals surface area contributed by atoms with E-state index in [-0.39, 0.29) is 6.04 Å². The van der Waals surface area contributed by atoms with E-state index < -0.39 is 12.0 Å². The molecule has 0 aliphatic heterocycles. The van der Waals surface area contributed by atoms with Gasteiger partial charge in [-0.05, 0) is 20.3 Å². The molecular formula is C12H19N3O3. The third kappa shape index (κ3) is 3.09. The first kappa shape index (κ1) is 14.2. The Morgan fingerprint density at radius 1 is 1.61 bits per heavy atom. The second kappa shape index (κ2) is 6.18. The van der Waals surface area contributed by atoms with Crippen molar-refractivity contribution in [2.24, 2.45) is 0 Å². The summed E-state index contributed by atoms with van der Waals surface area (Å²) in [7, 11) is 0. The molecule has 0 fully saturated rings. The van der Waals surface area contributed by atoms with Crippen molar-refractivity contribution in [2.75, 3.05) is 6.54 Å². The van der Waals surface area contributed by atoms with Gasteiger partial charge in [-0.25, -0.2) is 4.79 Å². The summed E-state index contributed by atoms with van der Waals surface area (Å²) >= 11 is 0. The average Bonchev–Trinajstić information content (AvgIpc) is 2.77. The van der Waals surface area contributed by atoms with Crippen molar-refractivity contribution in [3.05, 3.63) is 18.0 Å². The van der Waals surface area contributed by atoms with Gasteiger partial charge in [0, 0.05) is 24.3 Å². The van der Waals surface area contributed by atoms with E-state index >= 15 is 0 Å². The Kier molecular flexibility index (Phi) is 4.88. The Labute approximate surface area is 106 Å². The number of hydrogen-bond acceptors (Lipinski definition) is 3. The smallest absolute Gasteiger partial charge is 0.331 e. The van der Waals surface area contributed by atoms with Crippen LogP contribution in [-0.4, -0.2) is 38.7 Å². The summed E-state index contributed by atoms with van der Waals surface area (Å²) in [6.45, 7) is 6.21. The maximum absolute atomic E-state index is 11.3. The molecule has 0 saturated carbocycles. The predicted octanol–water partition coefficient (Wildman–Crippen LogP) is 1.46. The molecule has 1 amide bonds. The molecule has 1 atom stereocenters. The molecule has 0 aliphatic carbocycles. The lowest BCUT2D eigenvalue weighted by Crippen LogP contribution is -2.33. The van der Waals surface area contributed by atoms with Crippen LogP contribution < -0.4 is 0 Å². The van der Waals surface area contributed by atoms with Crippen molar-refractivity contribution in [3.8, 4) is 0 Å². The Morgan fingerprint density at radius 2 is 2.28 bits per heavy atom. The highest BCUT2D eigenvalue weighted by Gasteiger charge is 2.27. The molecule has 100 valence electrons. The largest absolute Gasteiger partial charge is 0.479 e. The summed E-state index contributed by atoms with van der Waals surface area (Å²) in [5.74, 6) is -1.04. The molecule has 1 aromatic heterocycles. The van der Waals surface area contributed by atoms with Gasteiger partial charge in [-0.1, -0.05) is 6.92 Å². The van der Waals surface area contributed by atoms with Crippen molar-refractivity contribution < 1.29 is 14.7 Å². The fourth-order valence-corrected chi connectivity index (χ4v) is 1.75. The number of amides is 1. The van der Waals surface area contributed by atoms with E-state index in [1.165, 1.54) is 11.1 Å². The first-order valence-electron chi connectivity index (χ1n) is 5.99. The van der Waals surface area contributed by atoms with Gasteiger partial charge in [0.1, 0.15) is 0 Å². The fourth-order valence-electron chi connectivity index (χ4n) is 1.75. The minimum absolute atomic E-state index is 0.157. The van der Waals surface area contributed by atoms with Gasteiger partial charge in [-0.15, -0.1) is 0 Å². The quantitative estimate of drug-likeness (QED) is 0.746. The van der Waals surface area contributed by atoms with Gasteiger partial charge in [0.05, 0.1) is 6.20 Å². The maximum Gasteiger partial charge on any atom is 0.331 e. The highest BCUT2D eigenvalue weighted by atomic mass is 16.4. The van der Waals surface area contributed by atoms with E-state index in [9.17, 15) is 14.7 Å². The minimum Gasteiger partial charge on any atom is -0.479 e. The van der Waals surface area contributed by atoms with E-state index in [1.54, 1.807) is 10.9 Å². The number of carbonyl (C=O) groups excluding carboxylic acids is 1.